The van der Waals surface area contributed by atoms with Gasteiger partial charge in [0.2, 0.25) is 0 Å². The Kier molecular flexibility index (Phi) is 4.18. The molecule has 2 aromatic heterocycles. The Hall–Kier alpha value is -3.55. The minimum absolute atomic E-state index is 0.423. The van der Waals surface area contributed by atoms with Crippen molar-refractivity contribution in [1.82, 2.24) is 14.5 Å². The van der Waals surface area contributed by atoms with Gasteiger partial charge in [0.25, 0.3) is 0 Å². The van der Waals surface area contributed by atoms with E-state index in [1.54, 1.807) is 12.1 Å². The number of rotatable bonds is 3. The number of anilines is 3. The lowest BCUT2D eigenvalue weighted by atomic mass is 10.2. The summed E-state index contributed by atoms with van der Waals surface area (Å²) >= 11 is 0. The van der Waals surface area contributed by atoms with Crippen LogP contribution in [0.5, 0.6) is 0 Å². The van der Waals surface area contributed by atoms with Crippen LogP contribution in [0.25, 0.3) is 16.9 Å². The van der Waals surface area contributed by atoms with Crippen LogP contribution in [0.3, 0.4) is 0 Å². The zero-order chi connectivity index (χ0) is 19.9. The number of aryl methyl sites for hydroxylation is 1. The number of halogens is 3. The van der Waals surface area contributed by atoms with Gasteiger partial charge in [-0.2, -0.15) is 13.2 Å². The molecule has 0 aliphatic rings. The van der Waals surface area contributed by atoms with Crippen LogP contribution in [0, 0.1) is 6.92 Å². The number of hydrogen-bond donors (Lipinski definition) is 2. The van der Waals surface area contributed by atoms with Crippen LogP contribution in [-0.4, -0.2) is 14.5 Å². The second-order valence-electron chi connectivity index (χ2n) is 6.33. The molecule has 28 heavy (non-hydrogen) atoms. The molecule has 0 aliphatic carbocycles. The van der Waals surface area contributed by atoms with Crippen LogP contribution >= 0.6 is 0 Å². The van der Waals surface area contributed by atoms with Crippen LogP contribution in [-0.2, 0) is 6.18 Å². The number of nitrogens with two attached hydrogens (primary N) is 1. The van der Waals surface area contributed by atoms with Crippen molar-refractivity contribution in [3.63, 3.8) is 0 Å². The molecule has 4 aromatic rings. The third kappa shape index (κ3) is 3.36. The molecule has 0 atom stereocenters. The zero-order valence-electron chi connectivity index (χ0n) is 14.8. The van der Waals surface area contributed by atoms with E-state index in [4.69, 9.17) is 5.73 Å². The summed E-state index contributed by atoms with van der Waals surface area (Å²) < 4.78 is 40.0. The van der Waals surface area contributed by atoms with E-state index in [1.807, 2.05) is 35.8 Å². The summed E-state index contributed by atoms with van der Waals surface area (Å²) in [5.41, 5.74) is 7.99. The molecule has 0 aliphatic heterocycles. The average Bonchev–Trinajstić information content (AvgIpc) is 2.96. The Morgan fingerprint density at radius 1 is 0.964 bits per heavy atom. The lowest BCUT2D eigenvalue weighted by Gasteiger charge is -2.12. The summed E-state index contributed by atoms with van der Waals surface area (Å²) in [4.78, 5) is 9.08. The van der Waals surface area contributed by atoms with Crippen molar-refractivity contribution in [2.75, 3.05) is 11.1 Å². The number of nitrogen functional groups attached to an aromatic ring is 1. The van der Waals surface area contributed by atoms with Gasteiger partial charge < -0.3 is 11.1 Å². The molecule has 142 valence electrons. The largest absolute Gasteiger partial charge is 0.416 e. The van der Waals surface area contributed by atoms with Gasteiger partial charge in [-0.1, -0.05) is 12.1 Å². The number of fused-ring (bicyclic) bond motifs is 1. The Morgan fingerprint density at radius 2 is 1.68 bits per heavy atom. The van der Waals surface area contributed by atoms with Gasteiger partial charge in [-0.25, -0.2) is 9.97 Å². The monoisotopic (exact) mass is 383 g/mol. The van der Waals surface area contributed by atoms with Crippen LogP contribution in [0.15, 0.2) is 60.7 Å². The number of alkyl halides is 3. The number of pyridine rings is 1. The Morgan fingerprint density at radius 3 is 2.39 bits per heavy atom. The molecule has 0 unspecified atom stereocenters. The van der Waals surface area contributed by atoms with E-state index in [1.165, 1.54) is 12.1 Å². The predicted octanol–water partition coefficient (Wildman–Crippen LogP) is 5.07. The lowest BCUT2D eigenvalue weighted by molar-refractivity contribution is -0.137. The molecule has 5 nitrogen and oxygen atoms in total. The summed E-state index contributed by atoms with van der Waals surface area (Å²) in [6.07, 6.45) is -4.37. The van der Waals surface area contributed by atoms with Gasteiger partial charge in [-0.3, -0.25) is 4.57 Å². The minimum Gasteiger partial charge on any atom is -0.399 e. The summed E-state index contributed by atoms with van der Waals surface area (Å²) in [7, 11) is 0. The maximum Gasteiger partial charge on any atom is 0.416 e. The molecular formula is C20H16F3N5. The average molecular weight is 383 g/mol. The smallest absolute Gasteiger partial charge is 0.399 e. The summed E-state index contributed by atoms with van der Waals surface area (Å²) in [6.45, 7) is 1.87. The van der Waals surface area contributed by atoms with Gasteiger partial charge in [0, 0.05) is 23.5 Å². The second kappa shape index (κ2) is 6.56. The highest BCUT2D eigenvalue weighted by atomic mass is 19.4. The zero-order valence-corrected chi connectivity index (χ0v) is 14.8. The summed E-state index contributed by atoms with van der Waals surface area (Å²) in [6, 6.07) is 15.7. The van der Waals surface area contributed by atoms with Crippen molar-refractivity contribution < 1.29 is 13.2 Å². The lowest BCUT2D eigenvalue weighted by Crippen LogP contribution is -2.06. The molecule has 2 heterocycles. The molecule has 0 saturated carbocycles. The third-order valence-corrected chi connectivity index (χ3v) is 4.28. The van der Waals surface area contributed by atoms with Crippen LogP contribution in [0.4, 0.5) is 30.4 Å². The number of aromatic nitrogens is 3. The highest BCUT2D eigenvalue weighted by Crippen LogP contribution is 2.30. The summed E-state index contributed by atoms with van der Waals surface area (Å²) in [5.74, 6) is 1.74. The molecule has 0 radical (unpaired) electrons. The highest BCUT2D eigenvalue weighted by molar-refractivity contribution is 5.78. The maximum absolute atomic E-state index is 12.7. The third-order valence-electron chi connectivity index (χ3n) is 4.28. The number of benzene rings is 2. The van der Waals surface area contributed by atoms with Gasteiger partial charge in [0.15, 0.2) is 0 Å². The quantitative estimate of drug-likeness (QED) is 0.518. The molecule has 0 bridgehead atoms. The first-order chi connectivity index (χ1) is 13.3. The molecule has 0 amide bonds. The molecular weight excluding hydrogens is 367 g/mol. The number of nitrogens with zero attached hydrogens (tertiary/aromatic N) is 3. The normalized spacial score (nSPS) is 11.7. The van der Waals surface area contributed by atoms with Crippen molar-refractivity contribution in [1.29, 1.82) is 0 Å². The second-order valence-corrected chi connectivity index (χ2v) is 6.33. The molecule has 2 aromatic carbocycles. The van der Waals surface area contributed by atoms with E-state index >= 15 is 0 Å². The summed E-state index contributed by atoms with van der Waals surface area (Å²) in [5, 5.41) is 3.00. The van der Waals surface area contributed by atoms with Crippen LogP contribution in [0.1, 0.15) is 11.4 Å². The standard InChI is InChI=1S/C20H16F3N5/c1-12-25-16-4-2-3-5-17(16)28(12)19-11-14(24)10-18(27-19)26-15-8-6-13(7-9-15)20(21,22)23/h2-11H,1H3,(H3,24,26,27). The van der Waals surface area contributed by atoms with Crippen molar-refractivity contribution in [3.05, 3.63) is 72.1 Å². The number of nitrogens with one attached hydrogen (secondary N) is 1. The van der Waals surface area contributed by atoms with Crippen LogP contribution < -0.4 is 11.1 Å². The Labute approximate surface area is 158 Å². The SMILES string of the molecule is Cc1nc2ccccc2n1-c1cc(N)cc(Nc2ccc(C(F)(F)F)cc2)n1. The van der Waals surface area contributed by atoms with Crippen molar-refractivity contribution in [3.8, 4) is 5.82 Å². The van der Waals surface area contributed by atoms with E-state index in [-0.39, 0.29) is 0 Å². The van der Waals surface area contributed by atoms with E-state index in [0.717, 1.165) is 29.0 Å². The van der Waals surface area contributed by atoms with E-state index in [9.17, 15) is 13.2 Å². The van der Waals surface area contributed by atoms with Gasteiger partial charge >= 0.3 is 6.18 Å². The molecule has 0 fully saturated rings. The van der Waals surface area contributed by atoms with Crippen molar-refractivity contribution in [2.45, 2.75) is 13.1 Å². The highest BCUT2D eigenvalue weighted by Gasteiger charge is 2.29. The first-order valence-corrected chi connectivity index (χ1v) is 8.47. The fourth-order valence-electron chi connectivity index (χ4n) is 3.04. The van der Waals surface area contributed by atoms with Gasteiger partial charge in [-0.05, 0) is 43.3 Å². The Bertz CT molecular complexity index is 1150. The molecule has 3 N–H and O–H groups in total. The first kappa shape index (κ1) is 17.8. The van der Waals surface area contributed by atoms with Gasteiger partial charge in [0.1, 0.15) is 17.5 Å². The van der Waals surface area contributed by atoms with Crippen molar-refractivity contribution >= 4 is 28.2 Å². The van der Waals surface area contributed by atoms with E-state index in [2.05, 4.69) is 15.3 Å². The molecule has 8 heteroatoms. The van der Waals surface area contributed by atoms with Crippen LogP contribution in [0.2, 0.25) is 0 Å². The van der Waals surface area contributed by atoms with Gasteiger partial charge in [-0.15, -0.1) is 0 Å². The van der Waals surface area contributed by atoms with E-state index in [0.29, 0.717) is 23.0 Å². The van der Waals surface area contributed by atoms with Crippen molar-refractivity contribution in [2.24, 2.45) is 0 Å². The first-order valence-electron chi connectivity index (χ1n) is 8.47. The molecule has 0 saturated heterocycles. The Balaban J connectivity index is 1.71. The fourth-order valence-corrected chi connectivity index (χ4v) is 3.04. The number of imidazole rings is 1. The molecule has 4 rings (SSSR count). The number of hydrogen-bond acceptors (Lipinski definition) is 4. The predicted molar refractivity (Wildman–Crippen MR) is 103 cm³/mol. The number of para-hydroxylation sites is 2. The van der Waals surface area contributed by atoms with Gasteiger partial charge in [0.05, 0.1) is 16.6 Å². The molecule has 0 spiro atoms. The minimum atomic E-state index is -4.37. The maximum atomic E-state index is 12.7. The fraction of sp³-hybridized carbons (Fsp3) is 0.100. The van der Waals surface area contributed by atoms with E-state index < -0.39 is 11.7 Å². The topological polar surface area (TPSA) is 68.8 Å².